The lowest BCUT2D eigenvalue weighted by Gasteiger charge is -2.43. The van der Waals surface area contributed by atoms with Crippen LogP contribution in [0.5, 0.6) is 0 Å². The van der Waals surface area contributed by atoms with Crippen molar-refractivity contribution in [1.82, 2.24) is 4.90 Å². The minimum absolute atomic E-state index is 0.0841. The summed E-state index contributed by atoms with van der Waals surface area (Å²) in [6.45, 7) is 1.36. The number of unbranched alkanes of at least 4 members (excludes halogenated alkanes) is 1. The number of nitrogens with two attached hydrogens (primary N) is 1. The zero-order valence-electron chi connectivity index (χ0n) is 22.1. The number of carbonyl (C=O) groups excluding carboxylic acids is 1. The third kappa shape index (κ3) is 6.24. The number of morpholine rings is 1. The lowest BCUT2D eigenvalue weighted by molar-refractivity contribution is -0.167. The summed E-state index contributed by atoms with van der Waals surface area (Å²) in [5.74, 6) is -0.861. The van der Waals surface area contributed by atoms with Gasteiger partial charge < -0.3 is 30.3 Å². The van der Waals surface area contributed by atoms with Crippen LogP contribution in [0.2, 0.25) is 0 Å². The van der Waals surface area contributed by atoms with Crippen LogP contribution in [0.1, 0.15) is 37.7 Å². The molecule has 7 nitrogen and oxygen atoms in total. The van der Waals surface area contributed by atoms with Crippen LogP contribution in [0.4, 0.5) is 4.39 Å². The number of ether oxygens (including phenoxy) is 2. The number of nitrogens with zero attached hydrogens (tertiary/aromatic N) is 1. The van der Waals surface area contributed by atoms with E-state index in [9.17, 15) is 15.0 Å². The lowest BCUT2D eigenvalue weighted by Crippen LogP contribution is -2.55. The monoisotopic (exact) mass is 546 g/mol. The number of methoxy groups -OCH3 is 1. The molecule has 0 bridgehead atoms. The third-order valence-corrected chi connectivity index (χ3v) is 8.56. The van der Waals surface area contributed by atoms with Crippen molar-refractivity contribution in [2.75, 3.05) is 39.7 Å². The van der Waals surface area contributed by atoms with E-state index in [0.717, 1.165) is 11.3 Å². The van der Waals surface area contributed by atoms with Gasteiger partial charge in [-0.15, -0.1) is 11.8 Å². The van der Waals surface area contributed by atoms with Crippen molar-refractivity contribution in [1.29, 1.82) is 0 Å². The van der Waals surface area contributed by atoms with Gasteiger partial charge in [-0.25, -0.2) is 4.39 Å². The van der Waals surface area contributed by atoms with Gasteiger partial charge in [-0.05, 0) is 67.7 Å². The van der Waals surface area contributed by atoms with E-state index >= 15 is 4.39 Å². The number of thioether (sulfide) groups is 1. The van der Waals surface area contributed by atoms with Gasteiger partial charge in [0, 0.05) is 42.7 Å². The lowest BCUT2D eigenvalue weighted by atomic mass is 9.78. The Labute approximate surface area is 228 Å². The van der Waals surface area contributed by atoms with Crippen molar-refractivity contribution in [3.05, 3.63) is 53.8 Å². The number of aliphatic hydroxyl groups is 2. The fourth-order valence-electron chi connectivity index (χ4n) is 5.71. The van der Waals surface area contributed by atoms with Gasteiger partial charge in [-0.3, -0.25) is 4.79 Å². The molecule has 2 aromatic rings. The molecule has 5 atom stereocenters. The first-order valence-corrected chi connectivity index (χ1v) is 14.5. The molecule has 5 unspecified atom stereocenters. The Morgan fingerprint density at radius 3 is 2.76 bits per heavy atom. The number of hydrogen-bond acceptors (Lipinski definition) is 7. The minimum Gasteiger partial charge on any atom is -0.391 e. The van der Waals surface area contributed by atoms with Crippen LogP contribution in [0, 0.1) is 11.7 Å². The van der Waals surface area contributed by atoms with E-state index < -0.39 is 29.7 Å². The quantitative estimate of drug-likeness (QED) is 0.309. The van der Waals surface area contributed by atoms with Gasteiger partial charge in [0.25, 0.3) is 0 Å². The number of halogens is 1. The SMILES string of the molecule is COCCCCC(O)(c1cccc(F)c1-c1cccc(SC)c1)C1CN(C(=O)C2CC(N)C(O)C2)CCO1. The van der Waals surface area contributed by atoms with Gasteiger partial charge in [0.15, 0.2) is 0 Å². The van der Waals surface area contributed by atoms with Crippen LogP contribution in [-0.2, 0) is 19.9 Å². The minimum atomic E-state index is -1.55. The summed E-state index contributed by atoms with van der Waals surface area (Å²) in [4.78, 5) is 16.1. The van der Waals surface area contributed by atoms with E-state index in [1.165, 1.54) is 6.07 Å². The highest BCUT2D eigenvalue weighted by Crippen LogP contribution is 2.42. The van der Waals surface area contributed by atoms with Crippen LogP contribution in [0.15, 0.2) is 47.4 Å². The number of benzene rings is 2. The Hall–Kier alpha value is -2.01. The smallest absolute Gasteiger partial charge is 0.226 e. The molecule has 1 saturated carbocycles. The summed E-state index contributed by atoms with van der Waals surface area (Å²) < 4.78 is 26.9. The van der Waals surface area contributed by atoms with Gasteiger partial charge >= 0.3 is 0 Å². The number of amides is 1. The molecule has 2 aliphatic rings. The average molecular weight is 547 g/mol. The number of rotatable bonds is 10. The van der Waals surface area contributed by atoms with Crippen LogP contribution in [0.3, 0.4) is 0 Å². The Morgan fingerprint density at radius 2 is 2.05 bits per heavy atom. The molecule has 208 valence electrons. The van der Waals surface area contributed by atoms with Crippen LogP contribution < -0.4 is 5.73 Å². The Morgan fingerprint density at radius 1 is 1.26 bits per heavy atom. The molecule has 9 heteroatoms. The van der Waals surface area contributed by atoms with E-state index in [0.29, 0.717) is 55.5 Å². The predicted molar refractivity (Wildman–Crippen MR) is 146 cm³/mol. The van der Waals surface area contributed by atoms with Gasteiger partial charge in [0.1, 0.15) is 17.5 Å². The fraction of sp³-hybridized carbons (Fsp3) is 0.552. The third-order valence-electron chi connectivity index (χ3n) is 7.83. The van der Waals surface area contributed by atoms with Crippen molar-refractivity contribution in [3.63, 3.8) is 0 Å². The fourth-order valence-corrected chi connectivity index (χ4v) is 6.17. The summed E-state index contributed by atoms with van der Waals surface area (Å²) in [6.07, 6.45) is 2.95. The molecule has 2 aromatic carbocycles. The van der Waals surface area contributed by atoms with Crippen LogP contribution >= 0.6 is 11.8 Å². The van der Waals surface area contributed by atoms with Gasteiger partial charge in [-0.2, -0.15) is 0 Å². The molecule has 0 radical (unpaired) electrons. The molecule has 4 N–H and O–H groups in total. The molecular weight excluding hydrogens is 507 g/mol. The van der Waals surface area contributed by atoms with Crippen molar-refractivity contribution in [3.8, 4) is 11.1 Å². The second-order valence-corrected chi connectivity index (χ2v) is 11.2. The molecule has 1 amide bonds. The maximum atomic E-state index is 15.5. The Kier molecular flexibility index (Phi) is 9.84. The van der Waals surface area contributed by atoms with Gasteiger partial charge in [0.05, 0.1) is 19.3 Å². The normalized spacial score (nSPS) is 25.4. The molecule has 1 aliphatic heterocycles. The van der Waals surface area contributed by atoms with E-state index in [4.69, 9.17) is 15.2 Å². The van der Waals surface area contributed by atoms with Crippen molar-refractivity contribution in [2.45, 2.75) is 60.9 Å². The van der Waals surface area contributed by atoms with Gasteiger partial charge in [0.2, 0.25) is 5.91 Å². The molecule has 1 heterocycles. The summed E-state index contributed by atoms with van der Waals surface area (Å²) >= 11 is 1.57. The zero-order valence-corrected chi connectivity index (χ0v) is 23.0. The highest BCUT2D eigenvalue weighted by Gasteiger charge is 2.46. The predicted octanol–water partition coefficient (Wildman–Crippen LogP) is 3.54. The molecule has 0 spiro atoms. The summed E-state index contributed by atoms with van der Waals surface area (Å²) in [5.41, 5.74) is 5.88. The summed E-state index contributed by atoms with van der Waals surface area (Å²) in [6, 6.07) is 12.0. The van der Waals surface area contributed by atoms with Crippen LogP contribution in [-0.4, -0.2) is 78.9 Å². The zero-order chi connectivity index (χ0) is 27.3. The van der Waals surface area contributed by atoms with E-state index in [1.807, 2.05) is 30.5 Å². The topological polar surface area (TPSA) is 105 Å². The molecule has 2 fully saturated rings. The molecule has 38 heavy (non-hydrogen) atoms. The van der Waals surface area contributed by atoms with E-state index in [1.54, 1.807) is 35.9 Å². The first-order valence-electron chi connectivity index (χ1n) is 13.3. The van der Waals surface area contributed by atoms with Crippen molar-refractivity contribution < 1.29 is 28.9 Å². The van der Waals surface area contributed by atoms with Gasteiger partial charge in [-0.1, -0.05) is 24.3 Å². The Bertz CT molecular complexity index is 1090. The molecular formula is C29H39FN2O5S. The summed E-state index contributed by atoms with van der Waals surface area (Å²) in [7, 11) is 1.63. The second kappa shape index (κ2) is 12.9. The van der Waals surface area contributed by atoms with Crippen molar-refractivity contribution >= 4 is 17.7 Å². The maximum Gasteiger partial charge on any atom is 0.226 e. The summed E-state index contributed by atoms with van der Waals surface area (Å²) in [5, 5.41) is 22.5. The van der Waals surface area contributed by atoms with E-state index in [2.05, 4.69) is 0 Å². The second-order valence-electron chi connectivity index (χ2n) is 10.3. The highest BCUT2D eigenvalue weighted by molar-refractivity contribution is 7.98. The largest absolute Gasteiger partial charge is 0.391 e. The maximum absolute atomic E-state index is 15.5. The highest BCUT2D eigenvalue weighted by atomic mass is 32.2. The standard InChI is InChI=1S/C29H39FN2O5S/c1-36-13-4-3-11-29(35,22-9-6-10-23(30)27(22)19-7-5-8-21(15-19)38-2)26-18-32(12-14-37-26)28(34)20-16-24(31)25(33)17-20/h5-10,15,20,24-26,33,35H,3-4,11-14,16-18,31H2,1-2H3. The Balaban J connectivity index is 1.69. The molecule has 1 saturated heterocycles. The molecule has 0 aromatic heterocycles. The number of hydrogen-bond donors (Lipinski definition) is 3. The molecule has 4 rings (SSSR count). The van der Waals surface area contributed by atoms with E-state index in [-0.39, 0.29) is 25.0 Å². The number of aliphatic hydroxyl groups excluding tert-OH is 1. The number of carbonyl (C=O) groups is 1. The molecule has 1 aliphatic carbocycles. The average Bonchev–Trinajstić information content (AvgIpc) is 3.28. The first-order chi connectivity index (χ1) is 18.3. The van der Waals surface area contributed by atoms with Crippen LogP contribution in [0.25, 0.3) is 11.1 Å². The van der Waals surface area contributed by atoms with Crippen molar-refractivity contribution in [2.24, 2.45) is 11.7 Å². The first kappa shape index (κ1) is 29.0.